The average Bonchev–Trinajstić information content (AvgIpc) is 2.79. The van der Waals surface area contributed by atoms with Gasteiger partial charge in [-0.2, -0.15) is 9.80 Å². The van der Waals surface area contributed by atoms with E-state index in [9.17, 15) is 22.8 Å². The first-order valence-corrected chi connectivity index (χ1v) is 8.27. The van der Waals surface area contributed by atoms with E-state index in [4.69, 9.17) is 5.73 Å². The third kappa shape index (κ3) is 3.98. The zero-order chi connectivity index (χ0) is 18.8. The number of amides is 2. The number of aromatic amines is 1. The number of H-pyrrole nitrogens is 1. The van der Waals surface area contributed by atoms with E-state index in [1.165, 1.54) is 31.2 Å². The van der Waals surface area contributed by atoms with E-state index in [1.807, 2.05) is 4.72 Å². The number of hydrogen-bond donors (Lipinski definition) is 3. The maximum Gasteiger partial charge on any atom is 0.341 e. The van der Waals surface area contributed by atoms with Gasteiger partial charge in [0.1, 0.15) is 0 Å². The number of benzene rings is 1. The number of hydrogen-bond acceptors (Lipinski definition) is 7. The highest BCUT2D eigenvalue weighted by Crippen LogP contribution is 2.20. The van der Waals surface area contributed by atoms with Crippen molar-refractivity contribution in [3.05, 3.63) is 40.3 Å². The van der Waals surface area contributed by atoms with Gasteiger partial charge in [0.15, 0.2) is 5.69 Å². The Morgan fingerprint density at radius 1 is 1.20 bits per heavy atom. The number of nitrogens with zero attached hydrogens (tertiary/aromatic N) is 3. The SMILES string of the molecule is CC(=O)NS(=O)(=O)c1ccc(N=Nc2c(C)[nH]n(C(N)=O)c2=O)cc1. The Balaban J connectivity index is 2.28. The van der Waals surface area contributed by atoms with Gasteiger partial charge in [-0.05, 0) is 31.2 Å². The molecule has 0 saturated carbocycles. The van der Waals surface area contributed by atoms with Crippen molar-refractivity contribution in [2.24, 2.45) is 16.0 Å². The minimum atomic E-state index is -3.94. The van der Waals surface area contributed by atoms with Gasteiger partial charge >= 0.3 is 11.6 Å². The minimum Gasteiger partial charge on any atom is -0.350 e. The van der Waals surface area contributed by atoms with Crippen LogP contribution in [-0.2, 0) is 14.8 Å². The lowest BCUT2D eigenvalue weighted by molar-refractivity contribution is -0.117. The molecule has 2 rings (SSSR count). The number of nitrogens with two attached hydrogens (primary N) is 1. The van der Waals surface area contributed by atoms with Crippen molar-refractivity contribution in [1.82, 2.24) is 14.5 Å². The van der Waals surface area contributed by atoms with Crippen molar-refractivity contribution in [3.63, 3.8) is 0 Å². The second-order valence-electron chi connectivity index (χ2n) is 4.92. The molecular formula is C13H14N6O5S. The lowest BCUT2D eigenvalue weighted by Crippen LogP contribution is -2.29. The summed E-state index contributed by atoms with van der Waals surface area (Å²) in [4.78, 5) is 33.7. The van der Waals surface area contributed by atoms with Crippen LogP contribution in [0.5, 0.6) is 0 Å². The number of rotatable bonds is 4. The average molecular weight is 366 g/mol. The molecular weight excluding hydrogens is 352 g/mol. The number of carbonyl (C=O) groups is 2. The van der Waals surface area contributed by atoms with E-state index < -0.39 is 27.5 Å². The van der Waals surface area contributed by atoms with Crippen LogP contribution in [0.1, 0.15) is 12.6 Å². The molecule has 0 radical (unpaired) electrons. The highest BCUT2D eigenvalue weighted by Gasteiger charge is 2.15. The van der Waals surface area contributed by atoms with Crippen LogP contribution in [0.2, 0.25) is 0 Å². The number of azo groups is 1. The Morgan fingerprint density at radius 3 is 2.28 bits per heavy atom. The number of primary amides is 1. The van der Waals surface area contributed by atoms with Gasteiger partial charge in [-0.1, -0.05) is 0 Å². The number of aryl methyl sites for hydroxylation is 1. The van der Waals surface area contributed by atoms with Crippen LogP contribution in [0.4, 0.5) is 16.2 Å². The highest BCUT2D eigenvalue weighted by atomic mass is 32.2. The molecule has 0 saturated heterocycles. The lowest BCUT2D eigenvalue weighted by Gasteiger charge is -2.04. The molecule has 25 heavy (non-hydrogen) atoms. The molecule has 11 nitrogen and oxygen atoms in total. The van der Waals surface area contributed by atoms with E-state index in [2.05, 4.69) is 15.3 Å². The second kappa shape index (κ2) is 6.68. The predicted molar refractivity (Wildman–Crippen MR) is 86.4 cm³/mol. The Bertz CT molecular complexity index is 1020. The van der Waals surface area contributed by atoms with Crippen molar-refractivity contribution in [1.29, 1.82) is 0 Å². The zero-order valence-electron chi connectivity index (χ0n) is 13.2. The summed E-state index contributed by atoms with van der Waals surface area (Å²) in [6.07, 6.45) is 0. The van der Waals surface area contributed by atoms with Crippen LogP contribution in [0.15, 0.2) is 44.2 Å². The molecule has 0 bridgehead atoms. The third-order valence-electron chi connectivity index (χ3n) is 2.95. The van der Waals surface area contributed by atoms with Crippen molar-refractivity contribution < 1.29 is 18.0 Å². The molecule has 0 fully saturated rings. The third-order valence-corrected chi connectivity index (χ3v) is 4.40. The maximum absolute atomic E-state index is 11.9. The Morgan fingerprint density at radius 2 is 1.80 bits per heavy atom. The first kappa shape index (κ1) is 18.1. The molecule has 1 aromatic heterocycles. The van der Waals surface area contributed by atoms with Gasteiger partial charge in [-0.15, -0.1) is 5.11 Å². The second-order valence-corrected chi connectivity index (χ2v) is 6.60. The molecule has 132 valence electrons. The lowest BCUT2D eigenvalue weighted by atomic mass is 10.3. The number of aromatic nitrogens is 2. The van der Waals surface area contributed by atoms with E-state index in [1.54, 1.807) is 0 Å². The first-order valence-electron chi connectivity index (χ1n) is 6.78. The first-order chi connectivity index (χ1) is 11.6. The van der Waals surface area contributed by atoms with Gasteiger partial charge in [0, 0.05) is 6.92 Å². The molecule has 4 N–H and O–H groups in total. The van der Waals surface area contributed by atoms with Crippen LogP contribution in [-0.4, -0.2) is 30.1 Å². The normalized spacial score (nSPS) is 11.6. The summed E-state index contributed by atoms with van der Waals surface area (Å²) in [5, 5.41) is 10.0. The molecule has 0 atom stereocenters. The summed E-state index contributed by atoms with van der Waals surface area (Å²) >= 11 is 0. The summed E-state index contributed by atoms with van der Waals surface area (Å²) in [5.41, 5.74) is 4.72. The van der Waals surface area contributed by atoms with Crippen LogP contribution in [0.25, 0.3) is 0 Å². The van der Waals surface area contributed by atoms with E-state index in [-0.39, 0.29) is 22.0 Å². The summed E-state index contributed by atoms with van der Waals surface area (Å²) in [7, 11) is -3.94. The fourth-order valence-corrected chi connectivity index (χ4v) is 2.85. The van der Waals surface area contributed by atoms with Crippen LogP contribution in [0, 0.1) is 6.92 Å². The van der Waals surface area contributed by atoms with Crippen LogP contribution in [0.3, 0.4) is 0 Å². The summed E-state index contributed by atoms with van der Waals surface area (Å²) in [5.74, 6) is -0.711. The fraction of sp³-hybridized carbons (Fsp3) is 0.154. The van der Waals surface area contributed by atoms with Crippen LogP contribution >= 0.6 is 0 Å². The maximum atomic E-state index is 11.9. The fourth-order valence-electron chi connectivity index (χ4n) is 1.86. The van der Waals surface area contributed by atoms with Crippen molar-refractivity contribution >= 4 is 33.3 Å². The summed E-state index contributed by atoms with van der Waals surface area (Å²) in [6.45, 7) is 2.59. The van der Waals surface area contributed by atoms with Gasteiger partial charge < -0.3 is 5.73 Å². The quantitative estimate of drug-likeness (QED) is 0.674. The molecule has 0 aliphatic rings. The zero-order valence-corrected chi connectivity index (χ0v) is 14.0. The summed E-state index contributed by atoms with van der Waals surface area (Å²) in [6, 6.07) is 4.15. The van der Waals surface area contributed by atoms with Crippen molar-refractivity contribution in [2.75, 3.05) is 0 Å². The molecule has 2 aromatic rings. The highest BCUT2D eigenvalue weighted by molar-refractivity contribution is 7.90. The molecule has 12 heteroatoms. The van der Waals surface area contributed by atoms with Gasteiger partial charge in [-0.25, -0.2) is 17.9 Å². The number of sulfonamides is 1. The standard InChI is InChI=1S/C13H14N6O5S/c1-7-11(12(21)19(17-7)13(14)22)16-15-9-3-5-10(6-4-9)25(23,24)18-8(2)20/h3-6,17H,1-2H3,(H2,14,22)(H,18,20). The van der Waals surface area contributed by atoms with E-state index in [0.29, 0.717) is 4.68 Å². The van der Waals surface area contributed by atoms with E-state index >= 15 is 0 Å². The molecule has 0 aliphatic heterocycles. The van der Waals surface area contributed by atoms with Gasteiger partial charge in [-0.3, -0.25) is 14.7 Å². The summed E-state index contributed by atoms with van der Waals surface area (Å²) < 4.78 is 26.0. The Labute approximate surface area is 141 Å². The number of carbonyl (C=O) groups excluding carboxylic acids is 2. The predicted octanol–water partition coefficient (Wildman–Crippen LogP) is 0.652. The molecule has 1 heterocycles. The number of nitrogens with one attached hydrogen (secondary N) is 2. The van der Waals surface area contributed by atoms with Gasteiger partial charge in [0.25, 0.3) is 10.0 Å². The van der Waals surface area contributed by atoms with Crippen molar-refractivity contribution in [2.45, 2.75) is 18.7 Å². The van der Waals surface area contributed by atoms with E-state index in [0.717, 1.165) is 6.92 Å². The Hall–Kier alpha value is -3.28. The van der Waals surface area contributed by atoms with Crippen molar-refractivity contribution in [3.8, 4) is 0 Å². The van der Waals surface area contributed by atoms with Crippen LogP contribution < -0.4 is 16.0 Å². The Kier molecular flexibility index (Phi) is 4.83. The minimum absolute atomic E-state index is 0.103. The molecule has 0 spiro atoms. The molecule has 0 aliphatic carbocycles. The topological polar surface area (TPSA) is 169 Å². The molecule has 2 amide bonds. The van der Waals surface area contributed by atoms with Gasteiger partial charge in [0.05, 0.1) is 16.3 Å². The monoisotopic (exact) mass is 366 g/mol. The smallest absolute Gasteiger partial charge is 0.341 e. The molecule has 0 unspecified atom stereocenters. The largest absolute Gasteiger partial charge is 0.350 e. The van der Waals surface area contributed by atoms with Gasteiger partial charge in [0.2, 0.25) is 5.91 Å². The molecule has 1 aromatic carbocycles.